The molecule has 1 saturated heterocycles. The minimum Gasteiger partial charge on any atom is -0.462 e. The molecule has 0 spiro atoms. The summed E-state index contributed by atoms with van der Waals surface area (Å²) in [5.74, 6) is -2.87. The Morgan fingerprint density at radius 3 is 2.26 bits per heavy atom. The van der Waals surface area contributed by atoms with Crippen LogP contribution in [0.25, 0.3) is 0 Å². The van der Waals surface area contributed by atoms with Crippen LogP contribution in [0.3, 0.4) is 0 Å². The van der Waals surface area contributed by atoms with Crippen molar-refractivity contribution < 1.29 is 45.9 Å². The van der Waals surface area contributed by atoms with E-state index in [1.54, 1.807) is 38.1 Å². The van der Waals surface area contributed by atoms with Crippen molar-refractivity contribution in [2.45, 2.75) is 78.8 Å². The van der Waals surface area contributed by atoms with Gasteiger partial charge in [0, 0.05) is 2.74 Å². The molecule has 0 aromatic heterocycles. The third-order valence-electron chi connectivity index (χ3n) is 4.98. The van der Waals surface area contributed by atoms with Crippen molar-refractivity contribution in [3.63, 3.8) is 0 Å². The fraction of sp³-hybridized carbons (Fsp3) is 0.640. The third-order valence-corrected chi connectivity index (χ3v) is 5.20. The molecule has 35 heavy (non-hydrogen) atoms. The number of rotatable bonds is 8. The van der Waals surface area contributed by atoms with Gasteiger partial charge in [0.15, 0.2) is 18.5 Å². The molecule has 1 heterocycles. The van der Waals surface area contributed by atoms with Crippen molar-refractivity contribution >= 4 is 29.5 Å². The fourth-order valence-electron chi connectivity index (χ4n) is 2.99. The van der Waals surface area contributed by atoms with Crippen LogP contribution in [0.2, 0.25) is 0 Å². The SMILES string of the molecule is [2H]CC(C)(C)C(=O)OC[C@H]1OC(OCc2ccccc2)[C@H](OC(=O)CCl)[C@@H](OC(=O)C(C)(C)C[2H])[C@H]1O. The lowest BCUT2D eigenvalue weighted by atomic mass is 9.95. The van der Waals surface area contributed by atoms with Crippen LogP contribution in [0.5, 0.6) is 0 Å². The largest absolute Gasteiger partial charge is 0.462 e. The smallest absolute Gasteiger partial charge is 0.321 e. The van der Waals surface area contributed by atoms with Crippen molar-refractivity contribution in [2.75, 3.05) is 12.5 Å². The molecule has 196 valence electrons. The maximum Gasteiger partial charge on any atom is 0.321 e. The Bertz CT molecular complexity index is 913. The van der Waals surface area contributed by atoms with Crippen LogP contribution in [-0.2, 0) is 44.7 Å². The van der Waals surface area contributed by atoms with E-state index in [0.29, 0.717) is 0 Å². The van der Waals surface area contributed by atoms with Crippen LogP contribution < -0.4 is 0 Å². The number of alkyl halides is 1. The van der Waals surface area contributed by atoms with Gasteiger partial charge in [-0.1, -0.05) is 30.3 Å². The van der Waals surface area contributed by atoms with Crippen molar-refractivity contribution in [3.8, 4) is 0 Å². The van der Waals surface area contributed by atoms with Gasteiger partial charge in [-0.15, -0.1) is 11.6 Å². The topological polar surface area (TPSA) is 118 Å². The summed E-state index contributed by atoms with van der Waals surface area (Å²) in [5, 5.41) is 11.1. The lowest BCUT2D eigenvalue weighted by Crippen LogP contribution is -2.62. The van der Waals surface area contributed by atoms with E-state index in [1.807, 2.05) is 6.07 Å². The second-order valence-electron chi connectivity index (χ2n) is 9.65. The van der Waals surface area contributed by atoms with Crippen molar-refractivity contribution in [1.82, 2.24) is 0 Å². The minimum atomic E-state index is -1.60. The van der Waals surface area contributed by atoms with E-state index in [-0.39, 0.29) is 20.4 Å². The molecule has 1 fully saturated rings. The third kappa shape index (κ3) is 8.45. The van der Waals surface area contributed by atoms with Gasteiger partial charge in [0.25, 0.3) is 0 Å². The first-order valence-electron chi connectivity index (χ1n) is 12.5. The van der Waals surface area contributed by atoms with E-state index in [9.17, 15) is 19.5 Å². The van der Waals surface area contributed by atoms with Gasteiger partial charge in [-0.05, 0) is 47.1 Å². The van der Waals surface area contributed by atoms with Gasteiger partial charge in [-0.3, -0.25) is 14.4 Å². The molecule has 1 aliphatic heterocycles. The molecule has 2 rings (SSSR count). The molecular weight excluding hydrogens is 480 g/mol. The van der Waals surface area contributed by atoms with Gasteiger partial charge in [0.05, 0.1) is 17.4 Å². The molecule has 1 aromatic rings. The molecule has 1 aliphatic rings. The number of aliphatic hydroxyl groups is 1. The zero-order valence-corrected chi connectivity index (χ0v) is 21.2. The van der Waals surface area contributed by atoms with E-state index in [2.05, 4.69) is 0 Å². The highest BCUT2D eigenvalue weighted by Gasteiger charge is 2.51. The summed E-state index contributed by atoms with van der Waals surface area (Å²) in [6, 6.07) is 9.04. The highest BCUT2D eigenvalue weighted by Crippen LogP contribution is 2.30. The molecular formula is C25H35ClO9. The number of hydrogen-bond acceptors (Lipinski definition) is 9. The van der Waals surface area contributed by atoms with Crippen LogP contribution in [0.15, 0.2) is 30.3 Å². The fourth-order valence-corrected chi connectivity index (χ4v) is 3.06. The summed E-state index contributed by atoms with van der Waals surface area (Å²) in [6.45, 7) is 5.15. The van der Waals surface area contributed by atoms with Crippen molar-refractivity contribution in [2.24, 2.45) is 10.8 Å². The van der Waals surface area contributed by atoms with E-state index in [0.717, 1.165) is 5.56 Å². The first-order valence-corrected chi connectivity index (χ1v) is 11.6. The number of aliphatic hydroxyl groups excluding tert-OH is 1. The Morgan fingerprint density at radius 1 is 1.03 bits per heavy atom. The molecule has 1 aromatic carbocycles. The molecule has 1 N–H and O–H groups in total. The first-order chi connectivity index (χ1) is 17.4. The lowest BCUT2D eigenvalue weighted by molar-refractivity contribution is -0.310. The average Bonchev–Trinajstić information content (AvgIpc) is 2.89. The molecule has 1 unspecified atom stereocenters. The van der Waals surface area contributed by atoms with Crippen LogP contribution in [0.1, 0.15) is 49.8 Å². The Hall–Kier alpha value is -2.20. The number of carbonyl (C=O) groups is 3. The number of benzene rings is 1. The van der Waals surface area contributed by atoms with Crippen LogP contribution in [0.4, 0.5) is 0 Å². The molecule has 10 heteroatoms. The number of hydrogen-bond donors (Lipinski definition) is 1. The molecule has 9 nitrogen and oxygen atoms in total. The van der Waals surface area contributed by atoms with Gasteiger partial charge in [0.1, 0.15) is 24.7 Å². The van der Waals surface area contributed by atoms with Crippen LogP contribution in [0, 0.1) is 10.8 Å². The van der Waals surface area contributed by atoms with E-state index in [1.165, 1.54) is 13.8 Å². The summed E-state index contributed by atoms with van der Waals surface area (Å²) in [5.41, 5.74) is -1.55. The maximum atomic E-state index is 12.8. The zero-order chi connectivity index (χ0) is 27.8. The average molecular weight is 517 g/mol. The first kappa shape index (κ1) is 25.9. The Labute approximate surface area is 213 Å². The predicted molar refractivity (Wildman–Crippen MR) is 126 cm³/mol. The second-order valence-corrected chi connectivity index (χ2v) is 9.92. The predicted octanol–water partition coefficient (Wildman–Crippen LogP) is 2.99. The molecule has 0 aliphatic carbocycles. The molecule has 5 atom stereocenters. The lowest BCUT2D eigenvalue weighted by Gasteiger charge is -2.43. The van der Waals surface area contributed by atoms with Crippen LogP contribution >= 0.6 is 11.6 Å². The van der Waals surface area contributed by atoms with Crippen molar-refractivity contribution in [3.05, 3.63) is 35.9 Å². The van der Waals surface area contributed by atoms with E-state index in [4.69, 9.17) is 38.0 Å². The summed E-state index contributed by atoms with van der Waals surface area (Å²) >= 11 is 5.62. The number of esters is 3. The highest BCUT2D eigenvalue weighted by atomic mass is 35.5. The molecule has 0 saturated carbocycles. The molecule has 0 amide bonds. The Morgan fingerprint density at radius 2 is 1.66 bits per heavy atom. The number of halogens is 1. The van der Waals surface area contributed by atoms with Gasteiger partial charge in [0.2, 0.25) is 0 Å². The molecule has 0 radical (unpaired) electrons. The summed E-state index contributed by atoms with van der Waals surface area (Å²) in [7, 11) is 0. The number of carbonyl (C=O) groups excluding carboxylic acids is 3. The summed E-state index contributed by atoms with van der Waals surface area (Å²) < 4.78 is 43.1. The van der Waals surface area contributed by atoms with Crippen molar-refractivity contribution in [1.29, 1.82) is 0 Å². The maximum absolute atomic E-state index is 12.8. The minimum absolute atomic E-state index is 0.0216. The number of ether oxygens (including phenoxy) is 5. The summed E-state index contributed by atoms with van der Waals surface area (Å²) in [4.78, 5) is 37.4. The monoisotopic (exact) mass is 516 g/mol. The van der Waals surface area contributed by atoms with Crippen LogP contribution in [-0.4, -0.2) is 66.2 Å². The van der Waals surface area contributed by atoms with Gasteiger partial charge < -0.3 is 28.8 Å². The van der Waals surface area contributed by atoms with Gasteiger partial charge in [-0.2, -0.15) is 0 Å². The van der Waals surface area contributed by atoms with Gasteiger partial charge in [-0.25, -0.2) is 0 Å². The molecule has 0 bridgehead atoms. The standard InChI is InChI=1S/C25H35ClO9/c1-24(2,3)22(29)32-14-16-18(28)19(35-23(30)25(4,5)6)20(34-17(27)12-26)21(33-16)31-13-15-10-8-7-9-11-15/h7-11,16,18-21,28H,12-14H2,1-6H3/t16-,18+,19+,20-,21?/m1/s1/i1D,4D. The second kappa shape index (κ2) is 12.2. The van der Waals surface area contributed by atoms with E-state index < -0.39 is 71.9 Å². The quantitative estimate of drug-likeness (QED) is 0.316. The highest BCUT2D eigenvalue weighted by molar-refractivity contribution is 6.26. The van der Waals surface area contributed by atoms with E-state index >= 15 is 0 Å². The Kier molecular flexibility index (Phi) is 8.99. The van der Waals surface area contributed by atoms with Gasteiger partial charge >= 0.3 is 17.9 Å². The normalized spacial score (nSPS) is 25.7. The summed E-state index contributed by atoms with van der Waals surface area (Å²) in [6.07, 6.45) is -7.04. The Balaban J connectivity index is 2.35. The zero-order valence-electron chi connectivity index (χ0n) is 22.4.